The molecule has 1 fully saturated rings. The van der Waals surface area contributed by atoms with Gasteiger partial charge in [0.05, 0.1) is 45.7 Å². The quantitative estimate of drug-likeness (QED) is 0.482. The third-order valence-electron chi connectivity index (χ3n) is 4.39. The Morgan fingerprint density at radius 1 is 1.00 bits per heavy atom. The highest BCUT2D eigenvalue weighted by Crippen LogP contribution is 2.40. The van der Waals surface area contributed by atoms with Crippen molar-refractivity contribution < 1.29 is 23.7 Å². The van der Waals surface area contributed by atoms with E-state index < -0.39 is 0 Å². The van der Waals surface area contributed by atoms with E-state index in [9.17, 15) is 4.79 Å². The van der Waals surface area contributed by atoms with Crippen molar-refractivity contribution in [2.75, 3.05) is 40.4 Å². The van der Waals surface area contributed by atoms with E-state index in [4.69, 9.17) is 31.2 Å². The molecular formula is C21H22N2O5S2. The van der Waals surface area contributed by atoms with Gasteiger partial charge in [0.1, 0.15) is 10.1 Å². The fourth-order valence-electron chi connectivity index (χ4n) is 2.93. The van der Waals surface area contributed by atoms with Crippen molar-refractivity contribution in [2.45, 2.75) is 0 Å². The molecular weight excluding hydrogens is 424 g/mol. The fraction of sp³-hybridized carbons (Fsp3) is 0.238. The molecule has 30 heavy (non-hydrogen) atoms. The zero-order valence-electron chi connectivity index (χ0n) is 17.1. The van der Waals surface area contributed by atoms with Crippen molar-refractivity contribution in [1.29, 1.82) is 0 Å². The van der Waals surface area contributed by atoms with Gasteiger partial charge in [0.2, 0.25) is 5.75 Å². The average Bonchev–Trinajstić information content (AvgIpc) is 3.03. The van der Waals surface area contributed by atoms with Crippen LogP contribution < -0.4 is 24.3 Å². The minimum Gasteiger partial charge on any atom is -0.495 e. The zero-order chi connectivity index (χ0) is 21.7. The van der Waals surface area contributed by atoms with Gasteiger partial charge in [-0.15, -0.1) is 0 Å². The summed E-state index contributed by atoms with van der Waals surface area (Å²) in [5.74, 6) is 2.02. The molecule has 0 radical (unpaired) electrons. The third-order valence-corrected chi connectivity index (χ3v) is 5.77. The number of rotatable bonds is 8. The number of thioether (sulfide) groups is 1. The van der Waals surface area contributed by atoms with E-state index in [2.05, 4.69) is 5.32 Å². The number of carbonyl (C=O) groups excluding carboxylic acids is 1. The molecule has 1 heterocycles. The van der Waals surface area contributed by atoms with Crippen LogP contribution in [0, 0.1) is 0 Å². The lowest BCUT2D eigenvalue weighted by Gasteiger charge is -2.17. The van der Waals surface area contributed by atoms with Gasteiger partial charge in [-0.3, -0.25) is 9.69 Å². The summed E-state index contributed by atoms with van der Waals surface area (Å²) in [5, 5.41) is 3.20. The minimum absolute atomic E-state index is 0.179. The van der Waals surface area contributed by atoms with Crippen LogP contribution in [-0.4, -0.2) is 50.2 Å². The highest BCUT2D eigenvalue weighted by Gasteiger charge is 2.32. The zero-order valence-corrected chi connectivity index (χ0v) is 18.7. The number of thiocarbonyl (C=S) groups is 1. The average molecular weight is 447 g/mol. The molecule has 0 saturated carbocycles. The second-order valence-electron chi connectivity index (χ2n) is 6.10. The van der Waals surface area contributed by atoms with Crippen molar-refractivity contribution in [1.82, 2.24) is 4.90 Å². The number of anilines is 1. The number of para-hydroxylation sites is 2. The summed E-state index contributed by atoms with van der Waals surface area (Å²) in [6, 6.07) is 11.0. The Hall–Kier alpha value is -2.91. The maximum atomic E-state index is 12.9. The molecule has 1 amide bonds. The number of nitrogens with zero attached hydrogens (tertiary/aromatic N) is 1. The van der Waals surface area contributed by atoms with Gasteiger partial charge < -0.3 is 24.3 Å². The molecule has 0 aliphatic carbocycles. The predicted molar refractivity (Wildman–Crippen MR) is 123 cm³/mol. The van der Waals surface area contributed by atoms with Crippen molar-refractivity contribution in [3.63, 3.8) is 0 Å². The Kier molecular flexibility index (Phi) is 7.07. The summed E-state index contributed by atoms with van der Waals surface area (Å²) >= 11 is 6.65. The highest BCUT2D eigenvalue weighted by atomic mass is 32.2. The first-order valence-electron chi connectivity index (χ1n) is 8.94. The van der Waals surface area contributed by atoms with Crippen LogP contribution in [0.5, 0.6) is 23.0 Å². The molecule has 2 aromatic rings. The van der Waals surface area contributed by atoms with Crippen molar-refractivity contribution >= 4 is 46.0 Å². The molecule has 9 heteroatoms. The minimum atomic E-state index is -0.179. The number of hydrogen-bond donors (Lipinski definition) is 1. The van der Waals surface area contributed by atoms with E-state index in [1.54, 1.807) is 46.6 Å². The molecule has 1 aliphatic rings. The van der Waals surface area contributed by atoms with Crippen LogP contribution in [0.3, 0.4) is 0 Å². The Morgan fingerprint density at radius 2 is 1.63 bits per heavy atom. The van der Waals surface area contributed by atoms with Gasteiger partial charge in [-0.2, -0.15) is 0 Å². The van der Waals surface area contributed by atoms with Gasteiger partial charge in [0, 0.05) is 0 Å². The van der Waals surface area contributed by atoms with Gasteiger partial charge in [-0.1, -0.05) is 36.1 Å². The van der Waals surface area contributed by atoms with Crippen LogP contribution in [0.1, 0.15) is 5.56 Å². The summed E-state index contributed by atoms with van der Waals surface area (Å²) in [5.41, 5.74) is 1.52. The van der Waals surface area contributed by atoms with Crippen LogP contribution in [0.15, 0.2) is 41.3 Å². The number of ether oxygens (including phenoxy) is 4. The third kappa shape index (κ3) is 4.47. The molecule has 0 spiro atoms. The highest BCUT2D eigenvalue weighted by molar-refractivity contribution is 8.26. The number of benzene rings is 2. The van der Waals surface area contributed by atoms with E-state index in [1.165, 1.54) is 16.7 Å². The fourth-order valence-corrected chi connectivity index (χ4v) is 4.18. The molecule has 1 aliphatic heterocycles. The molecule has 158 valence electrons. The Morgan fingerprint density at radius 3 is 2.23 bits per heavy atom. The number of amides is 1. The van der Waals surface area contributed by atoms with Crippen LogP contribution in [0.4, 0.5) is 5.69 Å². The lowest BCUT2D eigenvalue weighted by molar-refractivity contribution is -0.121. The summed E-state index contributed by atoms with van der Waals surface area (Å²) < 4.78 is 21.9. The van der Waals surface area contributed by atoms with E-state index in [0.717, 1.165) is 11.3 Å². The molecule has 1 saturated heterocycles. The first kappa shape index (κ1) is 21.8. The molecule has 2 aromatic carbocycles. The molecule has 0 atom stereocenters. The van der Waals surface area contributed by atoms with Crippen LogP contribution >= 0.6 is 24.0 Å². The predicted octanol–water partition coefficient (Wildman–Crippen LogP) is 3.99. The van der Waals surface area contributed by atoms with E-state index in [1.807, 2.05) is 24.3 Å². The summed E-state index contributed by atoms with van der Waals surface area (Å²) in [6.07, 6.45) is 1.76. The SMILES string of the molecule is COc1ccccc1NCN1C(=O)/C(=C\c2cc(OC)c(OC)c(OC)c2)SC1=S. The standard InChI is InChI=1S/C21H22N2O5S2/c1-25-15-8-6-5-7-14(15)22-12-23-20(24)18(30-21(23)29)11-13-9-16(26-2)19(28-4)17(10-13)27-3/h5-11,22H,12H2,1-4H3/b18-11+. The normalized spacial score (nSPS) is 14.8. The van der Waals surface area contributed by atoms with Gasteiger partial charge >= 0.3 is 0 Å². The Balaban J connectivity index is 1.81. The van der Waals surface area contributed by atoms with E-state index in [-0.39, 0.29) is 12.6 Å². The lowest BCUT2D eigenvalue weighted by atomic mass is 10.1. The first-order chi connectivity index (χ1) is 14.5. The number of hydrogen-bond acceptors (Lipinski definition) is 8. The second-order valence-corrected chi connectivity index (χ2v) is 7.78. The van der Waals surface area contributed by atoms with E-state index >= 15 is 0 Å². The molecule has 0 bridgehead atoms. The molecule has 0 aromatic heterocycles. The van der Waals surface area contributed by atoms with Crippen molar-refractivity contribution in [3.05, 3.63) is 46.9 Å². The van der Waals surface area contributed by atoms with Crippen molar-refractivity contribution in [3.8, 4) is 23.0 Å². The maximum absolute atomic E-state index is 12.9. The smallest absolute Gasteiger partial charge is 0.267 e. The van der Waals surface area contributed by atoms with Crippen LogP contribution in [-0.2, 0) is 4.79 Å². The van der Waals surface area contributed by atoms with Gasteiger partial charge in [0.25, 0.3) is 5.91 Å². The summed E-state index contributed by atoms with van der Waals surface area (Å²) in [6.45, 7) is 0.234. The monoisotopic (exact) mass is 446 g/mol. The summed E-state index contributed by atoms with van der Waals surface area (Å²) in [7, 11) is 6.23. The molecule has 3 rings (SSSR count). The van der Waals surface area contributed by atoms with Crippen LogP contribution in [0.2, 0.25) is 0 Å². The maximum Gasteiger partial charge on any atom is 0.267 e. The molecule has 0 unspecified atom stereocenters. The Labute approximate surface area is 184 Å². The second kappa shape index (κ2) is 9.73. The topological polar surface area (TPSA) is 69.3 Å². The number of nitrogens with one attached hydrogen (secondary N) is 1. The van der Waals surface area contributed by atoms with Crippen molar-refractivity contribution in [2.24, 2.45) is 0 Å². The number of methoxy groups -OCH3 is 4. The first-order valence-corrected chi connectivity index (χ1v) is 10.2. The Bertz CT molecular complexity index is 968. The molecule has 1 N–H and O–H groups in total. The van der Waals surface area contributed by atoms with E-state index in [0.29, 0.717) is 32.2 Å². The molecule has 7 nitrogen and oxygen atoms in total. The van der Waals surface area contributed by atoms with Gasteiger partial charge in [0.15, 0.2) is 11.5 Å². The van der Waals surface area contributed by atoms with Gasteiger partial charge in [-0.25, -0.2) is 0 Å². The van der Waals surface area contributed by atoms with Crippen LogP contribution in [0.25, 0.3) is 6.08 Å². The number of carbonyl (C=O) groups is 1. The summed E-state index contributed by atoms with van der Waals surface area (Å²) in [4.78, 5) is 14.9. The van der Waals surface area contributed by atoms with Gasteiger partial charge in [-0.05, 0) is 35.9 Å². The lowest BCUT2D eigenvalue weighted by Crippen LogP contribution is -2.33. The largest absolute Gasteiger partial charge is 0.495 e.